The van der Waals surface area contributed by atoms with Gasteiger partial charge in [0.2, 0.25) is 0 Å². The Morgan fingerprint density at radius 1 is 1.35 bits per heavy atom. The minimum absolute atomic E-state index is 0.0511. The molecule has 1 fully saturated rings. The lowest BCUT2D eigenvalue weighted by molar-refractivity contribution is 0.102. The third kappa shape index (κ3) is 4.04. The lowest BCUT2D eigenvalue weighted by atomic mass is 9.93. The summed E-state index contributed by atoms with van der Waals surface area (Å²) < 4.78 is 5.49. The molecule has 0 radical (unpaired) electrons. The van der Waals surface area contributed by atoms with E-state index in [1.807, 2.05) is 11.4 Å². The summed E-state index contributed by atoms with van der Waals surface area (Å²) in [5, 5.41) is 8.43. The molecular formula is C19H25N3O3S. The zero-order chi connectivity index (χ0) is 18.9. The van der Waals surface area contributed by atoms with Gasteiger partial charge in [-0.05, 0) is 44.5 Å². The summed E-state index contributed by atoms with van der Waals surface area (Å²) in [7, 11) is 0. The van der Waals surface area contributed by atoms with Crippen LogP contribution in [0.3, 0.4) is 0 Å². The Labute approximate surface area is 157 Å². The number of nitrogens with zero attached hydrogens (tertiary/aromatic N) is 1. The van der Waals surface area contributed by atoms with Gasteiger partial charge < -0.3 is 9.73 Å². The molecule has 1 amide bonds. The van der Waals surface area contributed by atoms with Crippen molar-refractivity contribution in [1.29, 1.82) is 0 Å². The molecule has 26 heavy (non-hydrogen) atoms. The van der Waals surface area contributed by atoms with Crippen molar-refractivity contribution < 1.29 is 9.21 Å². The van der Waals surface area contributed by atoms with Crippen LogP contribution < -0.4 is 16.3 Å². The van der Waals surface area contributed by atoms with Crippen LogP contribution in [0.15, 0.2) is 20.7 Å². The second kappa shape index (κ2) is 7.32. The molecule has 7 heteroatoms. The van der Waals surface area contributed by atoms with Gasteiger partial charge in [-0.2, -0.15) is 0 Å². The average Bonchev–Trinajstić information content (AvgIpc) is 3.03. The van der Waals surface area contributed by atoms with Gasteiger partial charge in [0.05, 0.1) is 5.69 Å². The molecule has 1 aliphatic heterocycles. The molecule has 0 spiro atoms. The Balaban J connectivity index is 1.81. The standard InChI is InChI=1S/C19H25N3O3S/c1-11-9-13(12-5-7-20-8-6-12)25-17(24)15(11)16(23)22-18-21-14(10-26-18)19(2,3)4/h9-10,12,20H,5-8H2,1-4H3,(H,21,22,23). The lowest BCUT2D eigenvalue weighted by Crippen LogP contribution is -2.28. The predicted octanol–water partition coefficient (Wildman–Crippen LogP) is 3.42. The van der Waals surface area contributed by atoms with Gasteiger partial charge in [-0.1, -0.05) is 20.8 Å². The third-order valence-corrected chi connectivity index (χ3v) is 5.39. The smallest absolute Gasteiger partial charge is 0.349 e. The van der Waals surface area contributed by atoms with Crippen LogP contribution in [0.2, 0.25) is 0 Å². The van der Waals surface area contributed by atoms with Crippen molar-refractivity contribution in [3.8, 4) is 0 Å². The van der Waals surface area contributed by atoms with E-state index in [0.717, 1.165) is 31.6 Å². The molecule has 0 bridgehead atoms. The van der Waals surface area contributed by atoms with Crippen molar-refractivity contribution in [2.75, 3.05) is 18.4 Å². The first-order valence-electron chi connectivity index (χ1n) is 8.88. The summed E-state index contributed by atoms with van der Waals surface area (Å²) in [5.74, 6) is 0.436. The summed E-state index contributed by atoms with van der Waals surface area (Å²) in [6.07, 6.45) is 1.87. The van der Waals surface area contributed by atoms with E-state index in [1.54, 1.807) is 6.92 Å². The van der Waals surface area contributed by atoms with E-state index in [1.165, 1.54) is 11.3 Å². The van der Waals surface area contributed by atoms with Gasteiger partial charge in [-0.25, -0.2) is 9.78 Å². The van der Waals surface area contributed by atoms with Gasteiger partial charge in [0.15, 0.2) is 5.13 Å². The molecule has 3 rings (SSSR count). The second-order valence-electron chi connectivity index (χ2n) is 7.76. The highest BCUT2D eigenvalue weighted by molar-refractivity contribution is 7.14. The number of nitrogens with one attached hydrogen (secondary N) is 2. The van der Waals surface area contributed by atoms with Crippen LogP contribution in [0, 0.1) is 6.92 Å². The normalized spacial score (nSPS) is 15.8. The van der Waals surface area contributed by atoms with Gasteiger partial charge >= 0.3 is 5.63 Å². The molecule has 0 aliphatic carbocycles. The number of aromatic nitrogens is 1. The van der Waals surface area contributed by atoms with Crippen molar-refractivity contribution in [1.82, 2.24) is 10.3 Å². The van der Waals surface area contributed by atoms with Crippen LogP contribution in [0.5, 0.6) is 0 Å². The fourth-order valence-corrected chi connectivity index (χ4v) is 3.98. The number of rotatable bonds is 3. The largest absolute Gasteiger partial charge is 0.427 e. The van der Waals surface area contributed by atoms with Gasteiger partial charge in [0, 0.05) is 16.7 Å². The molecule has 0 aromatic carbocycles. The molecule has 1 saturated heterocycles. The second-order valence-corrected chi connectivity index (χ2v) is 8.62. The van der Waals surface area contributed by atoms with E-state index < -0.39 is 11.5 Å². The maximum Gasteiger partial charge on any atom is 0.349 e. The SMILES string of the molecule is Cc1cc(C2CCNCC2)oc(=O)c1C(=O)Nc1nc(C(C)(C)C)cs1. The van der Waals surface area contributed by atoms with Crippen LogP contribution in [0.25, 0.3) is 0 Å². The summed E-state index contributed by atoms with van der Waals surface area (Å²) in [5.41, 5.74) is 0.923. The molecule has 1 aliphatic rings. The molecule has 2 aromatic heterocycles. The fraction of sp³-hybridized carbons (Fsp3) is 0.526. The Morgan fingerprint density at radius 3 is 2.62 bits per heavy atom. The average molecular weight is 375 g/mol. The number of aryl methyl sites for hydroxylation is 1. The Bertz CT molecular complexity index is 858. The molecule has 0 unspecified atom stereocenters. The molecule has 0 saturated carbocycles. The molecule has 3 heterocycles. The summed E-state index contributed by atoms with van der Waals surface area (Å²) >= 11 is 1.35. The van der Waals surface area contributed by atoms with Crippen LogP contribution in [-0.4, -0.2) is 24.0 Å². The quantitative estimate of drug-likeness (QED) is 0.859. The first-order chi connectivity index (χ1) is 12.3. The molecule has 2 N–H and O–H groups in total. The number of hydrogen-bond donors (Lipinski definition) is 2. The van der Waals surface area contributed by atoms with E-state index in [4.69, 9.17) is 4.42 Å². The predicted molar refractivity (Wildman–Crippen MR) is 103 cm³/mol. The Kier molecular flexibility index (Phi) is 5.29. The van der Waals surface area contributed by atoms with Crippen LogP contribution >= 0.6 is 11.3 Å². The summed E-state index contributed by atoms with van der Waals surface area (Å²) in [6.45, 7) is 9.79. The first-order valence-corrected chi connectivity index (χ1v) is 9.76. The molecule has 0 atom stereocenters. The van der Waals surface area contributed by atoms with Crippen molar-refractivity contribution in [2.24, 2.45) is 0 Å². The maximum atomic E-state index is 12.6. The molecule has 140 valence electrons. The molecular weight excluding hydrogens is 350 g/mol. The highest BCUT2D eigenvalue weighted by Gasteiger charge is 2.24. The van der Waals surface area contributed by atoms with E-state index in [9.17, 15) is 9.59 Å². The van der Waals surface area contributed by atoms with Crippen molar-refractivity contribution in [3.05, 3.63) is 44.4 Å². The summed E-state index contributed by atoms with van der Waals surface area (Å²) in [4.78, 5) is 29.5. The molecule has 2 aromatic rings. The maximum absolute atomic E-state index is 12.6. The van der Waals surface area contributed by atoms with Gasteiger partial charge in [-0.3, -0.25) is 10.1 Å². The highest BCUT2D eigenvalue weighted by atomic mass is 32.1. The molecule has 6 nitrogen and oxygen atoms in total. The Morgan fingerprint density at radius 2 is 2.04 bits per heavy atom. The number of piperidine rings is 1. The van der Waals surface area contributed by atoms with Crippen molar-refractivity contribution in [3.63, 3.8) is 0 Å². The lowest BCUT2D eigenvalue weighted by Gasteiger charge is -2.21. The van der Waals surface area contributed by atoms with Crippen LogP contribution in [0.4, 0.5) is 5.13 Å². The minimum atomic E-state index is -0.580. The van der Waals surface area contributed by atoms with E-state index in [-0.39, 0.29) is 16.9 Å². The number of amides is 1. The number of hydrogen-bond acceptors (Lipinski definition) is 6. The van der Waals surface area contributed by atoms with Gasteiger partial charge in [-0.15, -0.1) is 11.3 Å². The zero-order valence-electron chi connectivity index (χ0n) is 15.6. The number of carbonyl (C=O) groups excluding carboxylic acids is 1. The van der Waals surface area contributed by atoms with Crippen LogP contribution in [-0.2, 0) is 5.41 Å². The number of carbonyl (C=O) groups is 1. The topological polar surface area (TPSA) is 84.2 Å². The van der Waals surface area contributed by atoms with Crippen LogP contribution in [0.1, 0.15) is 66.9 Å². The van der Waals surface area contributed by atoms with Gasteiger partial charge in [0.1, 0.15) is 11.3 Å². The summed E-state index contributed by atoms with van der Waals surface area (Å²) in [6, 6.07) is 1.83. The zero-order valence-corrected chi connectivity index (χ0v) is 16.5. The Hall–Kier alpha value is -1.99. The van der Waals surface area contributed by atoms with Crippen molar-refractivity contribution in [2.45, 2.75) is 51.9 Å². The first kappa shape index (κ1) is 18.8. The fourth-order valence-electron chi connectivity index (χ4n) is 3.05. The number of anilines is 1. The minimum Gasteiger partial charge on any atom is -0.427 e. The highest BCUT2D eigenvalue weighted by Crippen LogP contribution is 2.28. The van der Waals surface area contributed by atoms with E-state index in [0.29, 0.717) is 16.5 Å². The monoisotopic (exact) mass is 375 g/mol. The number of thiazole rings is 1. The van der Waals surface area contributed by atoms with Crippen molar-refractivity contribution >= 4 is 22.4 Å². The third-order valence-electron chi connectivity index (χ3n) is 4.63. The van der Waals surface area contributed by atoms with E-state index >= 15 is 0 Å². The van der Waals surface area contributed by atoms with E-state index in [2.05, 4.69) is 36.4 Å². The van der Waals surface area contributed by atoms with Gasteiger partial charge in [0.25, 0.3) is 5.91 Å².